The van der Waals surface area contributed by atoms with E-state index in [9.17, 15) is 14.4 Å². The summed E-state index contributed by atoms with van der Waals surface area (Å²) in [5, 5.41) is 7.34. The highest BCUT2D eigenvalue weighted by Crippen LogP contribution is 2.31. The molecule has 0 aliphatic rings. The molecule has 0 fully saturated rings. The number of carbonyl (C=O) groups is 2. The third kappa shape index (κ3) is 5.22. The molecule has 10 heteroatoms. The highest BCUT2D eigenvalue weighted by molar-refractivity contribution is 7.13. The maximum absolute atomic E-state index is 13.0. The Bertz CT molecular complexity index is 1430. The number of hydrogen-bond acceptors (Lipinski definition) is 7. The van der Waals surface area contributed by atoms with Gasteiger partial charge in [0.25, 0.3) is 17.4 Å². The van der Waals surface area contributed by atoms with Crippen LogP contribution < -0.4 is 21.1 Å². The van der Waals surface area contributed by atoms with Gasteiger partial charge >= 0.3 is 0 Å². The maximum Gasteiger partial charge on any atom is 0.290 e. The molecule has 2 aromatic heterocycles. The summed E-state index contributed by atoms with van der Waals surface area (Å²) in [5.41, 5.74) is 5.52. The molecule has 0 aliphatic heterocycles. The van der Waals surface area contributed by atoms with Gasteiger partial charge in [0.2, 0.25) is 0 Å². The lowest BCUT2D eigenvalue weighted by molar-refractivity contribution is 0.0841. The summed E-state index contributed by atoms with van der Waals surface area (Å²) in [7, 11) is 1.57. The number of para-hydroxylation sites is 1. The molecule has 2 aromatic carbocycles. The van der Waals surface area contributed by atoms with E-state index < -0.39 is 11.8 Å². The Morgan fingerprint density at radius 3 is 2.49 bits per heavy atom. The average Bonchev–Trinajstić information content (AvgIpc) is 3.39. The van der Waals surface area contributed by atoms with E-state index >= 15 is 0 Å². The number of amides is 2. The lowest BCUT2D eigenvalue weighted by Crippen LogP contribution is -2.43. The van der Waals surface area contributed by atoms with Crippen molar-refractivity contribution in [2.45, 2.75) is 32.7 Å². The van der Waals surface area contributed by atoms with Crippen LogP contribution in [-0.4, -0.2) is 33.7 Å². The third-order valence-corrected chi connectivity index (χ3v) is 6.30. The molecule has 4 rings (SSSR count). The molecule has 35 heavy (non-hydrogen) atoms. The van der Waals surface area contributed by atoms with Crippen LogP contribution in [0.25, 0.3) is 21.3 Å². The van der Waals surface area contributed by atoms with Gasteiger partial charge in [-0.2, -0.15) is 5.10 Å². The molecule has 0 saturated carbocycles. The molecule has 9 nitrogen and oxygen atoms in total. The number of aryl methyl sites for hydroxylation is 1. The predicted molar refractivity (Wildman–Crippen MR) is 135 cm³/mol. The van der Waals surface area contributed by atoms with E-state index in [4.69, 9.17) is 4.74 Å². The average molecular weight is 492 g/mol. The van der Waals surface area contributed by atoms with E-state index in [2.05, 4.69) is 27.9 Å². The Balaban J connectivity index is 1.52. The first-order valence-corrected chi connectivity index (χ1v) is 12.1. The second-order valence-electron chi connectivity index (χ2n) is 7.78. The van der Waals surface area contributed by atoms with Crippen LogP contribution in [0.1, 0.15) is 47.2 Å². The zero-order chi connectivity index (χ0) is 24.8. The van der Waals surface area contributed by atoms with Crippen LogP contribution in [0.3, 0.4) is 0 Å². The highest BCUT2D eigenvalue weighted by atomic mass is 32.1. The molecule has 0 radical (unpaired) electrons. The fraction of sp³-hybridized carbons (Fsp3) is 0.240. The number of rotatable bonds is 8. The quantitative estimate of drug-likeness (QED) is 0.286. The number of hydrazine groups is 1. The number of fused-ring (bicyclic) bond motifs is 1. The van der Waals surface area contributed by atoms with E-state index in [0.717, 1.165) is 24.8 Å². The zero-order valence-corrected chi connectivity index (χ0v) is 20.2. The van der Waals surface area contributed by atoms with Crippen molar-refractivity contribution >= 4 is 33.9 Å². The lowest BCUT2D eigenvalue weighted by atomic mass is 10.1. The number of benzene rings is 2. The van der Waals surface area contributed by atoms with Gasteiger partial charge in [0, 0.05) is 17.3 Å². The van der Waals surface area contributed by atoms with Crippen molar-refractivity contribution in [3.05, 3.63) is 75.7 Å². The molecule has 0 bridgehead atoms. The van der Waals surface area contributed by atoms with Gasteiger partial charge in [0.05, 0.1) is 18.1 Å². The number of nitrogens with zero attached hydrogens (tertiary/aromatic N) is 3. The highest BCUT2D eigenvalue weighted by Gasteiger charge is 2.19. The topological polar surface area (TPSA) is 115 Å². The smallest absolute Gasteiger partial charge is 0.290 e. The fourth-order valence-electron chi connectivity index (χ4n) is 3.63. The monoisotopic (exact) mass is 491 g/mol. The maximum atomic E-state index is 13.0. The van der Waals surface area contributed by atoms with E-state index in [1.165, 1.54) is 16.0 Å². The summed E-state index contributed by atoms with van der Waals surface area (Å²) < 4.78 is 6.67. The molecule has 0 aliphatic carbocycles. The molecular formula is C25H25N5O4S. The SMILES string of the molecule is CCCCCn1nc(C(=O)NNC(=O)c2csc(-c3ccccc3OC)n2)c2ccccc2c1=O. The van der Waals surface area contributed by atoms with Crippen molar-refractivity contribution in [1.29, 1.82) is 0 Å². The number of carbonyl (C=O) groups excluding carboxylic acids is 2. The van der Waals surface area contributed by atoms with Crippen molar-refractivity contribution in [3.63, 3.8) is 0 Å². The van der Waals surface area contributed by atoms with E-state index in [1.807, 2.05) is 24.3 Å². The van der Waals surface area contributed by atoms with Crippen LogP contribution in [0.2, 0.25) is 0 Å². The van der Waals surface area contributed by atoms with Gasteiger partial charge in [-0.1, -0.05) is 50.1 Å². The van der Waals surface area contributed by atoms with Gasteiger partial charge in [-0.3, -0.25) is 25.2 Å². The molecule has 180 valence electrons. The van der Waals surface area contributed by atoms with E-state index in [-0.39, 0.29) is 16.9 Å². The first-order valence-electron chi connectivity index (χ1n) is 11.2. The standard InChI is InChI=1S/C25H25N5O4S/c1-3-4-9-14-30-25(33)17-11-6-5-10-16(17)21(29-30)23(32)28-27-22(31)19-15-35-24(26-19)18-12-7-8-13-20(18)34-2/h5-8,10-13,15H,3-4,9,14H2,1-2H3,(H,27,31)(H,28,32). The van der Waals surface area contributed by atoms with Crippen molar-refractivity contribution in [2.24, 2.45) is 0 Å². The minimum Gasteiger partial charge on any atom is -0.496 e. The fourth-order valence-corrected chi connectivity index (χ4v) is 4.46. The number of nitrogens with one attached hydrogen (secondary N) is 2. The van der Waals surface area contributed by atoms with Crippen molar-refractivity contribution in [1.82, 2.24) is 25.6 Å². The van der Waals surface area contributed by atoms with Gasteiger partial charge in [0.1, 0.15) is 16.5 Å². The van der Waals surface area contributed by atoms with Crippen LogP contribution >= 0.6 is 11.3 Å². The second-order valence-corrected chi connectivity index (χ2v) is 8.63. The molecule has 0 spiro atoms. The first-order chi connectivity index (χ1) is 17.0. The van der Waals surface area contributed by atoms with Crippen LogP contribution in [0.5, 0.6) is 5.75 Å². The summed E-state index contributed by atoms with van der Waals surface area (Å²) >= 11 is 1.29. The number of methoxy groups -OCH3 is 1. The second kappa shape index (κ2) is 10.9. The van der Waals surface area contributed by atoms with Gasteiger partial charge in [-0.15, -0.1) is 11.3 Å². The summed E-state index contributed by atoms with van der Waals surface area (Å²) in [6, 6.07) is 14.2. The molecule has 2 N–H and O–H groups in total. The molecular weight excluding hydrogens is 466 g/mol. The van der Waals surface area contributed by atoms with Crippen LogP contribution in [0, 0.1) is 0 Å². The molecule has 2 amide bonds. The van der Waals surface area contributed by atoms with Gasteiger partial charge in [-0.25, -0.2) is 9.67 Å². The Morgan fingerprint density at radius 2 is 1.71 bits per heavy atom. The van der Waals surface area contributed by atoms with Gasteiger partial charge < -0.3 is 4.74 Å². The number of ether oxygens (including phenoxy) is 1. The molecule has 0 saturated heterocycles. The summed E-state index contributed by atoms with van der Waals surface area (Å²) in [5.74, 6) is -0.551. The molecule has 4 aromatic rings. The van der Waals surface area contributed by atoms with Crippen LogP contribution in [0.15, 0.2) is 58.7 Å². The first kappa shape index (κ1) is 24.1. The number of hydrogen-bond donors (Lipinski definition) is 2. The van der Waals surface area contributed by atoms with Crippen LogP contribution in [0.4, 0.5) is 0 Å². The van der Waals surface area contributed by atoms with Gasteiger partial charge in [-0.05, 0) is 24.6 Å². The Hall–Kier alpha value is -4.05. The molecule has 2 heterocycles. The largest absolute Gasteiger partial charge is 0.496 e. The van der Waals surface area contributed by atoms with Crippen LogP contribution in [-0.2, 0) is 6.54 Å². The van der Waals surface area contributed by atoms with E-state index in [1.54, 1.807) is 36.8 Å². The van der Waals surface area contributed by atoms with Crippen molar-refractivity contribution in [3.8, 4) is 16.3 Å². The summed E-state index contributed by atoms with van der Waals surface area (Å²) in [6.07, 6.45) is 2.72. The number of aromatic nitrogens is 3. The zero-order valence-electron chi connectivity index (χ0n) is 19.4. The Morgan fingerprint density at radius 1 is 1.00 bits per heavy atom. The Kier molecular flexibility index (Phi) is 7.51. The van der Waals surface area contributed by atoms with E-state index in [0.29, 0.717) is 28.1 Å². The summed E-state index contributed by atoms with van der Waals surface area (Å²) in [4.78, 5) is 42.8. The number of thiazole rings is 1. The van der Waals surface area contributed by atoms with Crippen molar-refractivity contribution in [2.75, 3.05) is 7.11 Å². The minimum atomic E-state index is -0.626. The molecule has 0 unspecified atom stereocenters. The van der Waals surface area contributed by atoms with Crippen molar-refractivity contribution < 1.29 is 14.3 Å². The lowest BCUT2D eigenvalue weighted by Gasteiger charge is -2.11. The van der Waals surface area contributed by atoms with Gasteiger partial charge in [0.15, 0.2) is 5.69 Å². The minimum absolute atomic E-state index is 0.0602. The molecule has 0 atom stereocenters. The third-order valence-electron chi connectivity index (χ3n) is 5.42. The predicted octanol–water partition coefficient (Wildman–Crippen LogP) is 3.79. The Labute approximate surface area is 205 Å². The summed E-state index contributed by atoms with van der Waals surface area (Å²) in [6.45, 7) is 2.48. The number of unbranched alkanes of at least 4 members (excludes halogenated alkanes) is 2. The normalized spacial score (nSPS) is 10.8.